The van der Waals surface area contributed by atoms with Gasteiger partial charge in [0.2, 0.25) is 0 Å². The number of esters is 1. The Morgan fingerprint density at radius 3 is 2.78 bits per heavy atom. The molecule has 1 aliphatic rings. The number of anilines is 1. The summed E-state index contributed by atoms with van der Waals surface area (Å²) >= 11 is 0. The number of ether oxygens (including phenoxy) is 1. The summed E-state index contributed by atoms with van der Waals surface area (Å²) in [5, 5.41) is 9.49. The first-order valence-electron chi connectivity index (χ1n) is 9.36. The molecule has 5 heteroatoms. The second kappa shape index (κ2) is 8.70. The van der Waals surface area contributed by atoms with Gasteiger partial charge in [-0.25, -0.2) is 4.79 Å². The Bertz CT molecular complexity index is 827. The molecule has 1 aliphatic heterocycles. The number of hydrogen-bond acceptors (Lipinski definition) is 5. The lowest BCUT2D eigenvalue weighted by molar-refractivity contribution is 0.0502. The number of nitrogens with two attached hydrogens (primary N) is 1. The van der Waals surface area contributed by atoms with E-state index in [-0.39, 0.29) is 18.1 Å². The molecule has 0 saturated heterocycles. The summed E-state index contributed by atoms with van der Waals surface area (Å²) in [6, 6.07) is 17.5. The fraction of sp³-hybridized carbons (Fsp3) is 0.364. The van der Waals surface area contributed by atoms with E-state index in [1.165, 1.54) is 5.56 Å². The number of nitriles is 1. The Morgan fingerprint density at radius 2 is 2.07 bits per heavy atom. The maximum atomic E-state index is 12.1. The number of nitrogens with zero attached hydrogens (tertiary/aromatic N) is 2. The number of rotatable bonds is 7. The van der Waals surface area contributed by atoms with Crippen LogP contribution in [0.2, 0.25) is 0 Å². The highest BCUT2D eigenvalue weighted by molar-refractivity contribution is 5.89. The lowest BCUT2D eigenvalue weighted by Gasteiger charge is -2.29. The predicted octanol–water partition coefficient (Wildman–Crippen LogP) is 3.27. The van der Waals surface area contributed by atoms with Crippen LogP contribution in [0.4, 0.5) is 5.69 Å². The average Bonchev–Trinajstić information content (AvgIpc) is 3.02. The van der Waals surface area contributed by atoms with Crippen molar-refractivity contribution in [3.63, 3.8) is 0 Å². The van der Waals surface area contributed by atoms with Crippen molar-refractivity contribution < 1.29 is 9.53 Å². The molecule has 0 radical (unpaired) electrons. The van der Waals surface area contributed by atoms with Gasteiger partial charge < -0.3 is 15.4 Å². The molecule has 1 heterocycles. The molecule has 0 amide bonds. The Balaban J connectivity index is 1.63. The highest BCUT2D eigenvalue weighted by atomic mass is 16.5. The Kier molecular flexibility index (Phi) is 6.10. The van der Waals surface area contributed by atoms with E-state index in [2.05, 4.69) is 17.0 Å². The van der Waals surface area contributed by atoms with Crippen LogP contribution >= 0.6 is 0 Å². The summed E-state index contributed by atoms with van der Waals surface area (Å²) in [5.41, 5.74) is 9.50. The van der Waals surface area contributed by atoms with E-state index in [4.69, 9.17) is 10.5 Å². The van der Waals surface area contributed by atoms with Crippen LogP contribution < -0.4 is 10.6 Å². The molecule has 27 heavy (non-hydrogen) atoms. The number of carbonyl (C=O) groups is 1. The summed E-state index contributed by atoms with van der Waals surface area (Å²) in [6.45, 7) is 3.08. The highest BCUT2D eigenvalue weighted by Gasteiger charge is 2.31. The molecule has 2 unspecified atom stereocenters. The topological polar surface area (TPSA) is 79.3 Å². The van der Waals surface area contributed by atoms with E-state index in [1.54, 1.807) is 12.1 Å². The quantitative estimate of drug-likeness (QED) is 0.603. The van der Waals surface area contributed by atoms with Crippen molar-refractivity contribution in [1.82, 2.24) is 0 Å². The fourth-order valence-corrected chi connectivity index (χ4v) is 3.72. The molecule has 3 rings (SSSR count). The van der Waals surface area contributed by atoms with Gasteiger partial charge in [0.25, 0.3) is 0 Å². The molecule has 2 aromatic rings. The van der Waals surface area contributed by atoms with Crippen molar-refractivity contribution in [3.05, 3.63) is 65.2 Å². The Labute approximate surface area is 160 Å². The summed E-state index contributed by atoms with van der Waals surface area (Å²) in [7, 11) is 0. The smallest absolute Gasteiger partial charge is 0.338 e. The van der Waals surface area contributed by atoms with Crippen LogP contribution in [0.3, 0.4) is 0 Å². The van der Waals surface area contributed by atoms with Gasteiger partial charge in [-0.3, -0.25) is 0 Å². The van der Waals surface area contributed by atoms with Crippen molar-refractivity contribution in [2.45, 2.75) is 38.3 Å². The van der Waals surface area contributed by atoms with Gasteiger partial charge in [0.15, 0.2) is 0 Å². The lowest BCUT2D eigenvalue weighted by atomic mass is 10.0. The molecule has 5 nitrogen and oxygen atoms in total. The lowest BCUT2D eigenvalue weighted by Crippen LogP contribution is -2.37. The molecule has 140 valence electrons. The van der Waals surface area contributed by atoms with Crippen molar-refractivity contribution in [2.75, 3.05) is 18.1 Å². The highest BCUT2D eigenvalue weighted by Crippen LogP contribution is 2.36. The third-order valence-electron chi connectivity index (χ3n) is 4.85. The van der Waals surface area contributed by atoms with E-state index in [9.17, 15) is 10.1 Å². The van der Waals surface area contributed by atoms with Crippen LogP contribution in [-0.4, -0.2) is 31.2 Å². The molecule has 0 saturated carbocycles. The molecular weight excluding hydrogens is 338 g/mol. The standard InChI is InChI=1S/C22H25N3O2/c1-16(24)13-20-14-18-9-5-10-19(15-23)21(18)25(20)11-6-12-27-22(26)17-7-3-2-4-8-17/h2-5,7-10,16,20H,6,11-14,24H2,1H3. The van der Waals surface area contributed by atoms with E-state index in [1.807, 2.05) is 37.3 Å². The maximum absolute atomic E-state index is 12.1. The Hall–Kier alpha value is -2.84. The number of fused-ring (bicyclic) bond motifs is 1. The predicted molar refractivity (Wildman–Crippen MR) is 106 cm³/mol. The molecule has 0 aromatic heterocycles. The van der Waals surface area contributed by atoms with Crippen LogP contribution in [-0.2, 0) is 11.2 Å². The minimum Gasteiger partial charge on any atom is -0.462 e. The molecule has 0 aliphatic carbocycles. The fourth-order valence-electron chi connectivity index (χ4n) is 3.72. The largest absolute Gasteiger partial charge is 0.462 e. The summed E-state index contributed by atoms with van der Waals surface area (Å²) in [5.74, 6) is -0.303. The van der Waals surface area contributed by atoms with Crippen molar-refractivity contribution in [1.29, 1.82) is 5.26 Å². The van der Waals surface area contributed by atoms with Gasteiger partial charge in [0, 0.05) is 18.6 Å². The van der Waals surface area contributed by atoms with Crippen molar-refractivity contribution >= 4 is 11.7 Å². The zero-order chi connectivity index (χ0) is 19.2. The number of hydrogen-bond donors (Lipinski definition) is 1. The maximum Gasteiger partial charge on any atom is 0.338 e. The van der Waals surface area contributed by atoms with Crippen molar-refractivity contribution in [2.24, 2.45) is 5.73 Å². The first-order chi connectivity index (χ1) is 13.1. The normalized spacial score (nSPS) is 16.5. The molecule has 0 fully saturated rings. The molecule has 0 bridgehead atoms. The SMILES string of the molecule is CC(N)CC1Cc2cccc(C#N)c2N1CCCOC(=O)c1ccccc1. The molecule has 0 spiro atoms. The third kappa shape index (κ3) is 4.47. The second-order valence-corrected chi connectivity index (χ2v) is 7.04. The zero-order valence-corrected chi connectivity index (χ0v) is 15.6. The number of para-hydroxylation sites is 1. The number of carbonyl (C=O) groups excluding carboxylic acids is 1. The first-order valence-corrected chi connectivity index (χ1v) is 9.36. The minimum atomic E-state index is -0.303. The van der Waals surface area contributed by atoms with Gasteiger partial charge in [-0.1, -0.05) is 30.3 Å². The molecule has 2 N–H and O–H groups in total. The van der Waals surface area contributed by atoms with Crippen LogP contribution in [0, 0.1) is 11.3 Å². The minimum absolute atomic E-state index is 0.0910. The average molecular weight is 363 g/mol. The second-order valence-electron chi connectivity index (χ2n) is 7.04. The third-order valence-corrected chi connectivity index (χ3v) is 4.85. The van der Waals surface area contributed by atoms with Crippen molar-refractivity contribution in [3.8, 4) is 6.07 Å². The molecular formula is C22H25N3O2. The molecule has 2 atom stereocenters. The summed E-state index contributed by atoms with van der Waals surface area (Å²) in [4.78, 5) is 14.3. The summed E-state index contributed by atoms with van der Waals surface area (Å²) < 4.78 is 5.39. The molecule has 2 aromatic carbocycles. The summed E-state index contributed by atoms with van der Waals surface area (Å²) in [6.07, 6.45) is 2.47. The van der Waals surface area contributed by atoms with Gasteiger partial charge >= 0.3 is 5.97 Å². The van der Waals surface area contributed by atoms with Gasteiger partial charge in [-0.15, -0.1) is 0 Å². The monoisotopic (exact) mass is 363 g/mol. The van der Waals surface area contributed by atoms with Gasteiger partial charge in [0.1, 0.15) is 6.07 Å². The Morgan fingerprint density at radius 1 is 1.30 bits per heavy atom. The van der Waals surface area contributed by atoms with Gasteiger partial charge in [0.05, 0.1) is 23.4 Å². The number of benzene rings is 2. The van der Waals surface area contributed by atoms with Crippen LogP contribution in [0.5, 0.6) is 0 Å². The van der Waals surface area contributed by atoms with Crippen LogP contribution in [0.1, 0.15) is 41.3 Å². The van der Waals surface area contributed by atoms with E-state index >= 15 is 0 Å². The van der Waals surface area contributed by atoms with Crippen LogP contribution in [0.25, 0.3) is 0 Å². The first kappa shape index (κ1) is 18.9. The van der Waals surface area contributed by atoms with E-state index in [0.717, 1.165) is 25.1 Å². The zero-order valence-electron chi connectivity index (χ0n) is 15.6. The van der Waals surface area contributed by atoms with Crippen LogP contribution in [0.15, 0.2) is 48.5 Å². The van der Waals surface area contributed by atoms with Gasteiger partial charge in [-0.2, -0.15) is 5.26 Å². The van der Waals surface area contributed by atoms with E-state index in [0.29, 0.717) is 24.2 Å². The van der Waals surface area contributed by atoms with Gasteiger partial charge in [-0.05, 0) is 49.9 Å². The van der Waals surface area contributed by atoms with E-state index < -0.39 is 0 Å².